The van der Waals surface area contributed by atoms with Gasteiger partial charge in [-0.25, -0.2) is 14.4 Å². The summed E-state index contributed by atoms with van der Waals surface area (Å²) in [6.07, 6.45) is -0.735. The fourth-order valence-corrected chi connectivity index (χ4v) is 2.59. The molecule has 0 saturated carbocycles. The fourth-order valence-electron chi connectivity index (χ4n) is 1.98. The van der Waals surface area contributed by atoms with Crippen molar-refractivity contribution >= 4 is 46.5 Å². The van der Waals surface area contributed by atoms with E-state index in [1.54, 1.807) is 18.2 Å². The number of nitrogens with one attached hydrogen (secondary N) is 2. The molecule has 2 atom stereocenters. The first kappa shape index (κ1) is 20.7. The zero-order valence-corrected chi connectivity index (χ0v) is 15.1. The lowest BCUT2D eigenvalue weighted by atomic mass is 10.1. The molecule has 0 radical (unpaired) electrons. The smallest absolute Gasteiger partial charge is 0.326 e. The summed E-state index contributed by atoms with van der Waals surface area (Å²) in [5, 5.41) is 31.1. The van der Waals surface area contributed by atoms with E-state index in [0.717, 1.165) is 3.57 Å². The molecule has 25 heavy (non-hydrogen) atoms. The van der Waals surface area contributed by atoms with E-state index in [2.05, 4.69) is 33.2 Å². The van der Waals surface area contributed by atoms with Crippen LogP contribution in [0.4, 0.5) is 4.79 Å². The van der Waals surface area contributed by atoms with E-state index in [-0.39, 0.29) is 12.8 Å². The Morgan fingerprint density at radius 3 is 2.12 bits per heavy atom. The van der Waals surface area contributed by atoms with E-state index < -0.39 is 42.4 Å². The summed E-state index contributed by atoms with van der Waals surface area (Å²) in [4.78, 5) is 44.8. The van der Waals surface area contributed by atoms with E-state index in [1.807, 2.05) is 6.07 Å². The van der Waals surface area contributed by atoms with E-state index in [9.17, 15) is 24.3 Å². The standard InChI is InChI=1S/C15H17IN2O7/c16-9-3-1-2-8(6-9)7-11(14(23)24)18-15(25)17-10(13(21)22)4-5-12(19)20/h1-3,6,10-11H,4-5,7H2,(H,19,20)(H,21,22)(H,23,24)(H2,17,18,25). The normalized spacial score (nSPS) is 12.7. The third kappa shape index (κ3) is 7.83. The van der Waals surface area contributed by atoms with E-state index >= 15 is 0 Å². The van der Waals surface area contributed by atoms with Crippen LogP contribution in [0, 0.1) is 3.57 Å². The predicted molar refractivity (Wildman–Crippen MR) is 94.2 cm³/mol. The highest BCUT2D eigenvalue weighted by atomic mass is 127. The monoisotopic (exact) mass is 464 g/mol. The van der Waals surface area contributed by atoms with Gasteiger partial charge in [0, 0.05) is 16.4 Å². The summed E-state index contributed by atoms with van der Waals surface area (Å²) in [5.41, 5.74) is 0.695. The molecule has 1 aromatic rings. The van der Waals surface area contributed by atoms with Crippen LogP contribution < -0.4 is 10.6 Å². The molecule has 2 amide bonds. The molecule has 136 valence electrons. The molecule has 0 aliphatic rings. The number of rotatable bonds is 9. The van der Waals surface area contributed by atoms with Crippen LogP contribution in [-0.2, 0) is 20.8 Å². The molecule has 1 rings (SSSR count). The summed E-state index contributed by atoms with van der Waals surface area (Å²) in [5.74, 6) is -3.87. The minimum atomic E-state index is -1.43. The van der Waals surface area contributed by atoms with Gasteiger partial charge in [0.25, 0.3) is 0 Å². The van der Waals surface area contributed by atoms with E-state index in [4.69, 9.17) is 10.2 Å². The molecule has 0 heterocycles. The molecule has 0 aliphatic carbocycles. The molecule has 9 nitrogen and oxygen atoms in total. The Morgan fingerprint density at radius 1 is 1.00 bits per heavy atom. The summed E-state index contributed by atoms with van der Waals surface area (Å²) >= 11 is 2.07. The Morgan fingerprint density at radius 2 is 1.60 bits per heavy atom. The molecule has 0 bridgehead atoms. The van der Waals surface area contributed by atoms with Crippen molar-refractivity contribution < 1.29 is 34.5 Å². The van der Waals surface area contributed by atoms with E-state index in [1.165, 1.54) is 0 Å². The lowest BCUT2D eigenvalue weighted by molar-refractivity contribution is -0.140. The van der Waals surface area contributed by atoms with Gasteiger partial charge in [-0.3, -0.25) is 4.79 Å². The maximum absolute atomic E-state index is 11.9. The minimum Gasteiger partial charge on any atom is -0.481 e. The van der Waals surface area contributed by atoms with Crippen LogP contribution in [0.1, 0.15) is 18.4 Å². The maximum Gasteiger partial charge on any atom is 0.326 e. The van der Waals surface area contributed by atoms with Gasteiger partial charge >= 0.3 is 23.9 Å². The number of carbonyl (C=O) groups is 4. The molecule has 0 fully saturated rings. The van der Waals surface area contributed by atoms with Crippen LogP contribution in [0.5, 0.6) is 0 Å². The van der Waals surface area contributed by atoms with Crippen molar-refractivity contribution in [2.75, 3.05) is 0 Å². The average Bonchev–Trinajstić information content (AvgIpc) is 2.50. The number of benzene rings is 1. The minimum absolute atomic E-state index is 0.0203. The quantitative estimate of drug-likeness (QED) is 0.341. The third-order valence-corrected chi connectivity index (χ3v) is 3.85. The first-order valence-corrected chi connectivity index (χ1v) is 8.25. The number of halogens is 1. The summed E-state index contributed by atoms with van der Waals surface area (Å²) < 4.78 is 0.906. The Kier molecular flexibility index (Phi) is 8.11. The van der Waals surface area contributed by atoms with Gasteiger partial charge in [0.1, 0.15) is 12.1 Å². The van der Waals surface area contributed by atoms with Crippen LogP contribution >= 0.6 is 22.6 Å². The van der Waals surface area contributed by atoms with Crippen LogP contribution in [0.3, 0.4) is 0 Å². The maximum atomic E-state index is 11.9. The second-order valence-corrected chi connectivity index (χ2v) is 6.41. The number of aliphatic carboxylic acids is 3. The first-order chi connectivity index (χ1) is 11.7. The topological polar surface area (TPSA) is 153 Å². The zero-order chi connectivity index (χ0) is 19.0. The zero-order valence-electron chi connectivity index (χ0n) is 12.9. The lowest BCUT2D eigenvalue weighted by Crippen LogP contribution is -2.51. The molecule has 1 aromatic carbocycles. The highest BCUT2D eigenvalue weighted by Crippen LogP contribution is 2.10. The van der Waals surface area contributed by atoms with E-state index in [0.29, 0.717) is 5.56 Å². The van der Waals surface area contributed by atoms with Gasteiger partial charge in [-0.2, -0.15) is 0 Å². The van der Waals surface area contributed by atoms with Crippen molar-refractivity contribution in [3.8, 4) is 0 Å². The van der Waals surface area contributed by atoms with Crippen LogP contribution in [-0.4, -0.2) is 51.3 Å². The van der Waals surface area contributed by atoms with Gasteiger partial charge in [0.2, 0.25) is 0 Å². The highest BCUT2D eigenvalue weighted by Gasteiger charge is 2.25. The second kappa shape index (κ2) is 9.81. The number of hydrogen-bond donors (Lipinski definition) is 5. The molecule has 0 spiro atoms. The number of urea groups is 1. The first-order valence-electron chi connectivity index (χ1n) is 7.18. The fraction of sp³-hybridized carbons (Fsp3) is 0.333. The van der Waals surface area contributed by atoms with Crippen LogP contribution in [0.25, 0.3) is 0 Å². The Labute approximate surface area is 156 Å². The predicted octanol–water partition coefficient (Wildman–Crippen LogP) is 0.904. The van der Waals surface area contributed by atoms with Gasteiger partial charge in [-0.1, -0.05) is 12.1 Å². The van der Waals surface area contributed by atoms with Gasteiger partial charge in [0.05, 0.1) is 0 Å². The van der Waals surface area contributed by atoms with Crippen molar-refractivity contribution in [2.24, 2.45) is 0 Å². The molecule has 5 N–H and O–H groups in total. The molecular weight excluding hydrogens is 447 g/mol. The van der Waals surface area contributed by atoms with Crippen molar-refractivity contribution in [3.05, 3.63) is 33.4 Å². The summed E-state index contributed by atoms with van der Waals surface area (Å²) in [7, 11) is 0. The van der Waals surface area contributed by atoms with Crippen molar-refractivity contribution in [2.45, 2.75) is 31.3 Å². The van der Waals surface area contributed by atoms with Crippen LogP contribution in [0.15, 0.2) is 24.3 Å². The largest absolute Gasteiger partial charge is 0.481 e. The number of hydrogen-bond acceptors (Lipinski definition) is 4. The Bertz CT molecular complexity index is 665. The second-order valence-electron chi connectivity index (χ2n) is 5.17. The number of amides is 2. The summed E-state index contributed by atoms with van der Waals surface area (Å²) in [6.45, 7) is 0. The number of carboxylic acids is 3. The molecule has 0 aromatic heterocycles. The molecule has 0 saturated heterocycles. The van der Waals surface area contributed by atoms with Gasteiger partial charge in [-0.15, -0.1) is 0 Å². The van der Waals surface area contributed by atoms with Crippen molar-refractivity contribution in [1.29, 1.82) is 0 Å². The van der Waals surface area contributed by atoms with Gasteiger partial charge in [0.15, 0.2) is 0 Å². The van der Waals surface area contributed by atoms with Crippen LogP contribution in [0.2, 0.25) is 0 Å². The highest BCUT2D eigenvalue weighted by molar-refractivity contribution is 14.1. The average molecular weight is 464 g/mol. The molecule has 0 aliphatic heterocycles. The number of carbonyl (C=O) groups excluding carboxylic acids is 1. The molecular formula is C15H17IN2O7. The van der Waals surface area contributed by atoms with Crippen molar-refractivity contribution in [1.82, 2.24) is 10.6 Å². The SMILES string of the molecule is O=C(O)CCC(NC(=O)NC(Cc1cccc(I)c1)C(=O)O)C(=O)O. The molecule has 2 unspecified atom stereocenters. The third-order valence-electron chi connectivity index (χ3n) is 3.18. The molecule has 10 heteroatoms. The lowest BCUT2D eigenvalue weighted by Gasteiger charge is -2.18. The number of carboxylic acid groups (broad SMARTS) is 3. The Balaban J connectivity index is 2.70. The van der Waals surface area contributed by atoms with Crippen molar-refractivity contribution in [3.63, 3.8) is 0 Å². The van der Waals surface area contributed by atoms with Gasteiger partial charge in [-0.05, 0) is 46.7 Å². The Hall–Kier alpha value is -2.37. The van der Waals surface area contributed by atoms with Gasteiger partial charge < -0.3 is 26.0 Å². The summed E-state index contributed by atoms with van der Waals surface area (Å²) in [6, 6.07) is 3.39.